The maximum atomic E-state index is 7.32. The normalized spacial score (nSPS) is 12.4. The minimum absolute atomic E-state index is 0.110. The third-order valence-electron chi connectivity index (χ3n) is 3.42. The number of hydrogen-bond donors (Lipinski definition) is 0. The molecule has 0 radical (unpaired) electrons. The Morgan fingerprint density at radius 2 is 1.39 bits per heavy atom. The molecule has 0 heterocycles. The maximum Gasteiger partial charge on any atom is 0.247 e. The molecule has 0 spiro atoms. The van der Waals surface area contributed by atoms with Crippen molar-refractivity contribution in [1.82, 2.24) is 0 Å². The first-order chi connectivity index (χ1) is 8.81. The largest absolute Gasteiger partial charge is 0.309 e. The van der Waals surface area contributed by atoms with E-state index in [9.17, 15) is 0 Å². The summed E-state index contributed by atoms with van der Waals surface area (Å²) >= 11 is 0. The van der Waals surface area contributed by atoms with E-state index in [0.29, 0.717) is 0 Å². The first-order valence-electron chi connectivity index (χ1n) is 6.08. The molecule has 0 aromatic heterocycles. The van der Waals surface area contributed by atoms with Gasteiger partial charge in [-0.3, -0.25) is 0 Å². The molecule has 18 heavy (non-hydrogen) atoms. The molecule has 86 valence electrons. The van der Waals surface area contributed by atoms with Crippen LogP contribution in [-0.4, -0.2) is 0 Å². The van der Waals surface area contributed by atoms with Gasteiger partial charge >= 0.3 is 0 Å². The van der Waals surface area contributed by atoms with Gasteiger partial charge in [-0.25, -0.2) is 6.57 Å². The summed E-state index contributed by atoms with van der Waals surface area (Å²) in [5.74, 6) is 0. The highest BCUT2D eigenvalue weighted by atomic mass is 14.7. The second-order valence-corrected chi connectivity index (χ2v) is 4.54. The molecule has 0 aliphatic carbocycles. The van der Waals surface area contributed by atoms with Crippen molar-refractivity contribution < 1.29 is 0 Å². The van der Waals surface area contributed by atoms with E-state index in [1.54, 1.807) is 0 Å². The Balaban J connectivity index is 2.54. The van der Waals surface area contributed by atoms with E-state index in [1.165, 1.54) is 21.5 Å². The molecule has 0 aliphatic heterocycles. The lowest BCUT2D eigenvalue weighted by atomic mass is 9.93. The van der Waals surface area contributed by atoms with Gasteiger partial charge in [0, 0.05) is 12.5 Å². The fourth-order valence-electron chi connectivity index (χ4n) is 2.56. The molecule has 0 fully saturated rings. The van der Waals surface area contributed by atoms with Crippen LogP contribution in [0, 0.1) is 6.57 Å². The maximum absolute atomic E-state index is 7.32. The van der Waals surface area contributed by atoms with E-state index in [1.807, 2.05) is 31.2 Å². The lowest BCUT2D eigenvalue weighted by molar-refractivity contribution is 0.985. The van der Waals surface area contributed by atoms with Crippen LogP contribution in [0.15, 0.2) is 54.6 Å². The van der Waals surface area contributed by atoms with E-state index in [2.05, 4.69) is 35.2 Å². The summed E-state index contributed by atoms with van der Waals surface area (Å²) in [6, 6.07) is 18.7. The Morgan fingerprint density at radius 3 is 1.89 bits per heavy atom. The van der Waals surface area contributed by atoms with Gasteiger partial charge in [0.25, 0.3) is 0 Å². The van der Waals surface area contributed by atoms with Gasteiger partial charge in [-0.15, -0.1) is 0 Å². The predicted octanol–water partition coefficient (Wildman–Crippen LogP) is 4.97. The SMILES string of the molecule is [C-]#[N+]C(C)c1c2ccccc2cc2ccccc12. The molecular formula is C17H13N. The van der Waals surface area contributed by atoms with Gasteiger partial charge in [-0.1, -0.05) is 48.5 Å². The number of rotatable bonds is 1. The Hall–Kier alpha value is -2.33. The molecule has 0 saturated heterocycles. The van der Waals surface area contributed by atoms with Crippen LogP contribution in [-0.2, 0) is 0 Å². The third kappa shape index (κ3) is 1.55. The Bertz CT molecular complexity index is 711. The van der Waals surface area contributed by atoms with E-state index < -0.39 is 0 Å². The van der Waals surface area contributed by atoms with Crippen molar-refractivity contribution in [3.63, 3.8) is 0 Å². The average molecular weight is 231 g/mol. The zero-order chi connectivity index (χ0) is 12.5. The molecule has 0 N–H and O–H groups in total. The molecule has 0 bridgehead atoms. The molecule has 1 heteroatoms. The summed E-state index contributed by atoms with van der Waals surface area (Å²) < 4.78 is 0. The fraction of sp³-hybridized carbons (Fsp3) is 0.118. The first kappa shape index (κ1) is 10.8. The first-order valence-corrected chi connectivity index (χ1v) is 6.08. The number of fused-ring (bicyclic) bond motifs is 2. The lowest BCUT2D eigenvalue weighted by Crippen LogP contribution is -1.92. The van der Waals surface area contributed by atoms with E-state index in [4.69, 9.17) is 6.57 Å². The topological polar surface area (TPSA) is 4.36 Å². The summed E-state index contributed by atoms with van der Waals surface area (Å²) in [6.45, 7) is 9.30. The van der Waals surface area contributed by atoms with Crippen LogP contribution in [0.4, 0.5) is 0 Å². The summed E-state index contributed by atoms with van der Waals surface area (Å²) in [5, 5.41) is 4.81. The quantitative estimate of drug-likeness (QED) is 0.411. The molecule has 1 unspecified atom stereocenters. The summed E-state index contributed by atoms with van der Waals surface area (Å²) in [6.07, 6.45) is 0. The minimum atomic E-state index is -0.110. The van der Waals surface area contributed by atoms with Gasteiger partial charge in [0.15, 0.2) is 0 Å². The van der Waals surface area contributed by atoms with Crippen LogP contribution in [0.25, 0.3) is 26.4 Å². The van der Waals surface area contributed by atoms with Gasteiger partial charge in [-0.05, 0) is 27.6 Å². The van der Waals surface area contributed by atoms with Crippen LogP contribution in [0.2, 0.25) is 0 Å². The molecule has 0 amide bonds. The summed E-state index contributed by atoms with van der Waals surface area (Å²) in [5.41, 5.74) is 1.15. The van der Waals surface area contributed by atoms with Crippen molar-refractivity contribution in [3.8, 4) is 0 Å². The Kier molecular flexibility index (Phi) is 2.50. The smallest absolute Gasteiger partial charge is 0.247 e. The fourth-order valence-corrected chi connectivity index (χ4v) is 2.56. The monoisotopic (exact) mass is 231 g/mol. The van der Waals surface area contributed by atoms with E-state index in [0.717, 1.165) is 5.56 Å². The van der Waals surface area contributed by atoms with Crippen LogP contribution >= 0.6 is 0 Å². The molecule has 0 saturated carbocycles. The van der Waals surface area contributed by atoms with Crippen molar-refractivity contribution in [1.29, 1.82) is 0 Å². The Labute approximate surface area is 106 Å². The second kappa shape index (κ2) is 4.16. The third-order valence-corrected chi connectivity index (χ3v) is 3.42. The second-order valence-electron chi connectivity index (χ2n) is 4.54. The van der Waals surface area contributed by atoms with Crippen molar-refractivity contribution in [3.05, 3.63) is 71.6 Å². The molecule has 1 nitrogen and oxygen atoms in total. The molecule has 3 aromatic rings. The molecule has 0 aliphatic rings. The van der Waals surface area contributed by atoms with Gasteiger partial charge in [-0.2, -0.15) is 0 Å². The summed E-state index contributed by atoms with van der Waals surface area (Å²) in [4.78, 5) is 3.71. The van der Waals surface area contributed by atoms with Crippen molar-refractivity contribution >= 4 is 21.5 Å². The van der Waals surface area contributed by atoms with Gasteiger partial charge in [0.2, 0.25) is 6.04 Å². The molecule has 1 atom stereocenters. The average Bonchev–Trinajstić information content (AvgIpc) is 2.44. The highest BCUT2D eigenvalue weighted by Crippen LogP contribution is 2.34. The highest BCUT2D eigenvalue weighted by molar-refractivity contribution is 6.02. The number of benzene rings is 3. The molecule has 3 aromatic carbocycles. The van der Waals surface area contributed by atoms with Crippen LogP contribution < -0.4 is 0 Å². The molecule has 3 rings (SSSR count). The standard InChI is InChI=1S/C17H13N/c1-12(18-2)17-15-9-5-3-7-13(15)11-14-8-4-6-10-16(14)17/h3-12H,1H3. The minimum Gasteiger partial charge on any atom is -0.309 e. The van der Waals surface area contributed by atoms with Gasteiger partial charge in [0.05, 0.1) is 0 Å². The summed E-state index contributed by atoms with van der Waals surface area (Å²) in [7, 11) is 0. The van der Waals surface area contributed by atoms with Crippen molar-refractivity contribution in [2.45, 2.75) is 13.0 Å². The number of hydrogen-bond acceptors (Lipinski definition) is 0. The van der Waals surface area contributed by atoms with Gasteiger partial charge < -0.3 is 4.85 Å². The molecular weight excluding hydrogens is 218 g/mol. The predicted molar refractivity (Wildman–Crippen MR) is 76.5 cm³/mol. The zero-order valence-electron chi connectivity index (χ0n) is 10.2. The van der Waals surface area contributed by atoms with E-state index in [-0.39, 0.29) is 6.04 Å². The van der Waals surface area contributed by atoms with Crippen molar-refractivity contribution in [2.75, 3.05) is 0 Å². The van der Waals surface area contributed by atoms with Gasteiger partial charge in [0.1, 0.15) is 0 Å². The van der Waals surface area contributed by atoms with Crippen LogP contribution in [0.3, 0.4) is 0 Å². The van der Waals surface area contributed by atoms with Crippen molar-refractivity contribution in [2.24, 2.45) is 0 Å². The number of nitrogens with zero attached hydrogens (tertiary/aromatic N) is 1. The van der Waals surface area contributed by atoms with Crippen LogP contribution in [0.1, 0.15) is 18.5 Å². The van der Waals surface area contributed by atoms with Crippen LogP contribution in [0.5, 0.6) is 0 Å². The lowest BCUT2D eigenvalue weighted by Gasteiger charge is -2.10. The van der Waals surface area contributed by atoms with E-state index >= 15 is 0 Å². The highest BCUT2D eigenvalue weighted by Gasteiger charge is 2.16. The Morgan fingerprint density at radius 1 is 0.889 bits per heavy atom. The zero-order valence-corrected chi connectivity index (χ0v) is 10.2.